The van der Waals surface area contributed by atoms with Gasteiger partial charge in [-0.15, -0.1) is 0 Å². The van der Waals surface area contributed by atoms with Crippen molar-refractivity contribution >= 4 is 29.1 Å². The van der Waals surface area contributed by atoms with Crippen LogP contribution in [0, 0.1) is 32.8 Å². The second-order valence-corrected chi connectivity index (χ2v) is 21.1. The Labute approximate surface area is 412 Å². The molecule has 3 amide bonds. The summed E-state index contributed by atoms with van der Waals surface area (Å²) in [4.78, 5) is 55.0. The predicted octanol–water partition coefficient (Wildman–Crippen LogP) is 9.40. The monoisotopic (exact) mass is 1030 g/mol. The first-order valence-corrected chi connectivity index (χ1v) is 24.9. The highest BCUT2D eigenvalue weighted by molar-refractivity contribution is 5.86. The third-order valence-corrected chi connectivity index (χ3v) is 16.4. The average molecular weight is 1030 g/mol. The lowest BCUT2D eigenvalue weighted by Crippen LogP contribution is -2.54. The van der Waals surface area contributed by atoms with E-state index < -0.39 is 75.0 Å². The predicted molar refractivity (Wildman–Crippen MR) is 246 cm³/mol. The Kier molecular flexibility index (Phi) is 16.3. The summed E-state index contributed by atoms with van der Waals surface area (Å²) in [6.45, 7) is 10.1. The van der Waals surface area contributed by atoms with Crippen LogP contribution in [0.15, 0.2) is 24.3 Å². The lowest BCUT2D eigenvalue weighted by molar-refractivity contribution is -0.385. The Morgan fingerprint density at radius 1 is 0.694 bits per heavy atom. The van der Waals surface area contributed by atoms with Gasteiger partial charge in [0.05, 0.1) is 26.9 Å². The smallest absolute Gasteiger partial charge is 0.398 e. The van der Waals surface area contributed by atoms with Crippen LogP contribution in [0.5, 0.6) is 0 Å². The van der Waals surface area contributed by atoms with Crippen LogP contribution in [0.3, 0.4) is 0 Å². The zero-order chi connectivity index (χ0) is 52.7. The number of benzene rings is 2. The number of fused-ring (bicyclic) bond motifs is 2. The fourth-order valence-electron chi connectivity index (χ4n) is 12.2. The first kappa shape index (κ1) is 55.1. The molecule has 2 aromatic rings. The maximum Gasteiger partial charge on any atom is 0.471 e. The average Bonchev–Trinajstić information content (AvgIpc) is 3.97. The van der Waals surface area contributed by atoms with E-state index in [1.165, 1.54) is 4.90 Å². The molecular weight excluding hydrogens is 968 g/mol. The number of ether oxygens (including phenoxy) is 2. The summed E-state index contributed by atoms with van der Waals surface area (Å²) in [7, 11) is 0. The molecule has 0 spiro atoms. The van der Waals surface area contributed by atoms with Crippen LogP contribution in [0.4, 0.5) is 50.9 Å². The number of anilines is 1. The molecular formula is C50H65F9N6O7. The number of nitrogens with two attached hydrogens (primary N) is 1. The zero-order valence-corrected chi connectivity index (χ0v) is 41.0. The van der Waals surface area contributed by atoms with Gasteiger partial charge < -0.3 is 35.2 Å². The molecule has 72 heavy (non-hydrogen) atoms. The summed E-state index contributed by atoms with van der Waals surface area (Å²) >= 11 is 0. The Morgan fingerprint density at radius 3 is 1.69 bits per heavy atom. The second-order valence-electron chi connectivity index (χ2n) is 21.1. The number of carbonyl (C=O) groups excluding carboxylic acids is 3. The van der Waals surface area contributed by atoms with Gasteiger partial charge in [-0.25, -0.2) is 0 Å². The van der Waals surface area contributed by atoms with E-state index in [9.17, 15) is 64.0 Å². The Balaban J connectivity index is 0.000000216. The van der Waals surface area contributed by atoms with Crippen LogP contribution in [0.25, 0.3) is 0 Å². The van der Waals surface area contributed by atoms with E-state index in [1.807, 2.05) is 0 Å². The fraction of sp³-hybridized carbons (Fsp3) is 0.700. The van der Waals surface area contributed by atoms with Crippen LogP contribution in [-0.2, 0) is 62.1 Å². The summed E-state index contributed by atoms with van der Waals surface area (Å²) < 4.78 is 132. The number of amides is 3. The molecule has 22 heteroatoms. The van der Waals surface area contributed by atoms with Crippen LogP contribution >= 0.6 is 0 Å². The molecule has 4 atom stereocenters. The normalized spacial score (nSPS) is 25.5. The summed E-state index contributed by atoms with van der Waals surface area (Å²) in [5.41, 5.74) is 3.30. The number of nitro benzene ring substituents is 1. The minimum Gasteiger partial charge on any atom is -0.398 e. The van der Waals surface area contributed by atoms with Crippen LogP contribution in [-0.4, -0.2) is 107 Å². The molecule has 4 heterocycles. The molecule has 4 aliphatic heterocycles. The van der Waals surface area contributed by atoms with Gasteiger partial charge in [-0.05, 0) is 124 Å². The van der Waals surface area contributed by atoms with Gasteiger partial charge >= 0.3 is 24.4 Å². The third kappa shape index (κ3) is 11.5. The van der Waals surface area contributed by atoms with E-state index in [-0.39, 0.29) is 112 Å². The molecule has 2 saturated heterocycles. The summed E-state index contributed by atoms with van der Waals surface area (Å²) in [5, 5.41) is 15.3. The van der Waals surface area contributed by atoms with Crippen molar-refractivity contribution in [2.45, 2.75) is 161 Å². The maximum atomic E-state index is 14.0. The fourth-order valence-corrected chi connectivity index (χ4v) is 12.2. The van der Waals surface area contributed by atoms with Crippen molar-refractivity contribution in [2.24, 2.45) is 22.7 Å². The standard InChI is InChI=1S/C26H31F6N3O5.C24H34F3N3O2/c1-15(2)24(7-3-19(13-24)34(23(37)26(30,31)32)18-5-9-40-10-6-18)22(36)33-8-4-20-16(14-33)11-17(25(27,28)29)12-21(20)35(38)39;1-15(2)23(7-3-19(13-23)29-18-5-9-32-10-6-18)22(31)30-8-4-20-16(14-30)11-17(12-21(20)28)24(25,26)27/h11-12,15,18-19H,3-10,13-14H2,1-2H3;11-12,15,18-19,29H,3-10,13-14,28H2,1-2H3/t19-,24+;19-,23+/m11/s1. The number of nitrogens with one attached hydrogen (secondary N) is 1. The molecule has 0 aromatic heterocycles. The van der Waals surface area contributed by atoms with Crippen molar-refractivity contribution in [3.63, 3.8) is 0 Å². The van der Waals surface area contributed by atoms with Gasteiger partial charge in [-0.3, -0.25) is 24.5 Å². The minimum absolute atomic E-state index is 0.0162. The van der Waals surface area contributed by atoms with Gasteiger partial charge in [0.1, 0.15) is 0 Å². The molecule has 2 aliphatic carbocycles. The van der Waals surface area contributed by atoms with Gasteiger partial charge in [0, 0.05) is 94.1 Å². The number of hydrogen-bond acceptors (Lipinski definition) is 9. The lowest BCUT2D eigenvalue weighted by atomic mass is 9.73. The largest absolute Gasteiger partial charge is 0.471 e. The van der Waals surface area contributed by atoms with Gasteiger partial charge in [0.15, 0.2) is 0 Å². The summed E-state index contributed by atoms with van der Waals surface area (Å²) in [6, 6.07) is 2.66. The van der Waals surface area contributed by atoms with Gasteiger partial charge in [-0.1, -0.05) is 27.7 Å². The number of nitro groups is 1. The zero-order valence-electron chi connectivity index (χ0n) is 41.0. The van der Waals surface area contributed by atoms with E-state index in [1.54, 1.807) is 18.7 Å². The van der Waals surface area contributed by atoms with E-state index in [0.717, 1.165) is 74.0 Å². The number of alkyl halides is 9. The SMILES string of the molecule is CC(C)[C@]1(C(=O)N2CCc3c(N)cc(C(F)(F)F)cc3C2)CC[C@@H](NC2CCOCC2)C1.CC(C)[C@]1(C(=O)N2CCc3c(cc(C(F)(F)F)cc3[N+](=O)[O-])C2)CC[C@@H](N(C(=O)C(F)(F)F)C2CCOCC2)C1. The third-order valence-electron chi connectivity index (χ3n) is 16.4. The molecule has 0 radical (unpaired) electrons. The molecule has 4 fully saturated rings. The van der Waals surface area contributed by atoms with Crippen molar-refractivity contribution in [3.05, 3.63) is 67.8 Å². The lowest BCUT2D eigenvalue weighted by Gasteiger charge is -2.42. The molecule has 3 N–H and O–H groups in total. The first-order chi connectivity index (χ1) is 33.7. The number of nitrogen functional groups attached to an aromatic ring is 1. The highest BCUT2D eigenvalue weighted by atomic mass is 19.4. The molecule has 400 valence electrons. The quantitative estimate of drug-likeness (QED) is 0.108. The minimum atomic E-state index is -5.09. The maximum absolute atomic E-state index is 14.0. The molecule has 8 rings (SSSR count). The van der Waals surface area contributed by atoms with Gasteiger partial charge in [0.25, 0.3) is 5.69 Å². The highest BCUT2D eigenvalue weighted by Gasteiger charge is 2.56. The van der Waals surface area contributed by atoms with Crippen molar-refractivity contribution < 1.29 is 68.3 Å². The van der Waals surface area contributed by atoms with Crippen LogP contribution < -0.4 is 11.1 Å². The second kappa shape index (κ2) is 21.3. The summed E-state index contributed by atoms with van der Waals surface area (Å²) in [5.74, 6) is -2.49. The van der Waals surface area contributed by atoms with Crippen LogP contribution in [0.1, 0.15) is 125 Å². The first-order valence-electron chi connectivity index (χ1n) is 24.9. The number of carbonyl (C=O) groups is 3. The Bertz CT molecular complexity index is 2330. The topological polar surface area (TPSA) is 161 Å². The van der Waals surface area contributed by atoms with Crippen molar-refractivity contribution in [1.82, 2.24) is 20.0 Å². The van der Waals surface area contributed by atoms with Crippen molar-refractivity contribution in [2.75, 3.05) is 45.3 Å². The highest BCUT2D eigenvalue weighted by Crippen LogP contribution is 2.51. The van der Waals surface area contributed by atoms with Crippen LogP contribution in [0.2, 0.25) is 0 Å². The molecule has 6 aliphatic rings. The van der Waals surface area contributed by atoms with E-state index in [4.69, 9.17) is 15.2 Å². The number of nitrogens with zero attached hydrogens (tertiary/aromatic N) is 4. The number of rotatable bonds is 9. The Morgan fingerprint density at radius 2 is 1.18 bits per heavy atom. The van der Waals surface area contributed by atoms with Crippen molar-refractivity contribution in [1.29, 1.82) is 0 Å². The molecule has 2 aromatic carbocycles. The molecule has 0 bridgehead atoms. The van der Waals surface area contributed by atoms with E-state index >= 15 is 0 Å². The summed E-state index contributed by atoms with van der Waals surface area (Å²) in [6.07, 6.45) is -8.60. The molecule has 0 unspecified atom stereocenters. The van der Waals surface area contributed by atoms with Crippen molar-refractivity contribution in [3.8, 4) is 0 Å². The molecule has 13 nitrogen and oxygen atoms in total. The van der Waals surface area contributed by atoms with E-state index in [2.05, 4.69) is 19.2 Å². The van der Waals surface area contributed by atoms with Gasteiger partial charge in [-0.2, -0.15) is 39.5 Å². The van der Waals surface area contributed by atoms with Gasteiger partial charge in [0.2, 0.25) is 11.8 Å². The van der Waals surface area contributed by atoms with E-state index in [0.29, 0.717) is 30.6 Å². The number of hydrogen-bond donors (Lipinski definition) is 2. The molecule has 2 saturated carbocycles. The number of halogens is 9. The Hall–Kier alpha value is -4.70.